The van der Waals surface area contributed by atoms with Gasteiger partial charge in [-0.3, -0.25) is 9.59 Å². The topological polar surface area (TPSA) is 65.5 Å². The van der Waals surface area contributed by atoms with Crippen molar-refractivity contribution < 1.29 is 9.59 Å². The second-order valence-electron chi connectivity index (χ2n) is 7.06. The van der Waals surface area contributed by atoms with Crippen LogP contribution in [-0.2, 0) is 11.2 Å². The van der Waals surface area contributed by atoms with Gasteiger partial charge in [-0.1, -0.05) is 6.58 Å². The Hall–Kier alpha value is -3.15. The zero-order valence-corrected chi connectivity index (χ0v) is 15.4. The van der Waals surface area contributed by atoms with Gasteiger partial charge in [-0.25, -0.2) is 9.88 Å². The molecule has 4 rings (SSSR count). The van der Waals surface area contributed by atoms with Gasteiger partial charge in [-0.05, 0) is 55.7 Å². The summed E-state index contributed by atoms with van der Waals surface area (Å²) in [5.41, 5.74) is 4.01. The van der Waals surface area contributed by atoms with Crippen LogP contribution < -0.4 is 15.1 Å². The number of anilines is 3. The fraction of sp³-hybridized carbons (Fsp3) is 0.286. The molecule has 6 nitrogen and oxygen atoms in total. The number of benzene rings is 1. The predicted molar refractivity (Wildman–Crippen MR) is 106 cm³/mol. The van der Waals surface area contributed by atoms with Crippen LogP contribution >= 0.6 is 0 Å². The number of hydrogen-bond acceptors (Lipinski definition) is 5. The Morgan fingerprint density at radius 3 is 2.59 bits per heavy atom. The van der Waals surface area contributed by atoms with Crippen LogP contribution in [0.25, 0.3) is 0 Å². The van der Waals surface area contributed by atoms with E-state index in [9.17, 15) is 9.59 Å². The molecule has 0 bridgehead atoms. The van der Waals surface area contributed by atoms with Gasteiger partial charge < -0.3 is 10.2 Å². The molecule has 2 aliphatic heterocycles. The van der Waals surface area contributed by atoms with Crippen molar-refractivity contribution in [3.05, 3.63) is 59.9 Å². The van der Waals surface area contributed by atoms with Gasteiger partial charge in [-0.2, -0.15) is 0 Å². The minimum Gasteiger partial charge on any atom is -0.372 e. The van der Waals surface area contributed by atoms with E-state index in [1.807, 2.05) is 25.1 Å². The minimum absolute atomic E-state index is 0.205. The fourth-order valence-corrected chi connectivity index (χ4v) is 3.65. The van der Waals surface area contributed by atoms with Crippen molar-refractivity contribution in [3.8, 4) is 0 Å². The van der Waals surface area contributed by atoms with Gasteiger partial charge in [0.1, 0.15) is 5.82 Å². The summed E-state index contributed by atoms with van der Waals surface area (Å²) < 4.78 is 0. The Bertz CT molecular complexity index is 914. The summed E-state index contributed by atoms with van der Waals surface area (Å²) in [5.74, 6) is -0.229. The monoisotopic (exact) mass is 362 g/mol. The lowest BCUT2D eigenvalue weighted by Crippen LogP contribution is -2.43. The molecule has 0 spiro atoms. The lowest BCUT2D eigenvalue weighted by Gasteiger charge is -2.27. The molecule has 2 aliphatic rings. The van der Waals surface area contributed by atoms with E-state index < -0.39 is 0 Å². The predicted octanol–water partition coefficient (Wildman–Crippen LogP) is 3.36. The van der Waals surface area contributed by atoms with Gasteiger partial charge in [0.2, 0.25) is 5.91 Å². The molecule has 0 saturated carbocycles. The van der Waals surface area contributed by atoms with Gasteiger partial charge in [0.25, 0.3) is 5.91 Å². The van der Waals surface area contributed by atoms with Crippen LogP contribution in [0.1, 0.15) is 35.7 Å². The molecule has 0 atom stereocenters. The number of hydrogen-bond donors (Lipinski definition) is 1. The third kappa shape index (κ3) is 3.30. The zero-order valence-electron chi connectivity index (χ0n) is 15.4. The van der Waals surface area contributed by atoms with Crippen LogP contribution in [0.5, 0.6) is 0 Å². The average Bonchev–Trinajstić information content (AvgIpc) is 3.17. The van der Waals surface area contributed by atoms with Gasteiger partial charge in [0, 0.05) is 30.0 Å². The maximum atomic E-state index is 12.9. The van der Waals surface area contributed by atoms with Gasteiger partial charge in [-0.15, -0.1) is 0 Å². The maximum Gasteiger partial charge on any atom is 0.266 e. The number of pyridine rings is 1. The van der Waals surface area contributed by atoms with Crippen molar-refractivity contribution in [2.24, 2.45) is 0 Å². The van der Waals surface area contributed by atoms with Crippen LogP contribution in [0.3, 0.4) is 0 Å². The van der Waals surface area contributed by atoms with Crippen molar-refractivity contribution in [2.45, 2.75) is 26.2 Å². The molecular formula is C21H22N4O2. The summed E-state index contributed by atoms with van der Waals surface area (Å²) >= 11 is 0. The second-order valence-corrected chi connectivity index (χ2v) is 7.06. The van der Waals surface area contributed by atoms with E-state index in [1.165, 1.54) is 17.7 Å². The second kappa shape index (κ2) is 6.87. The highest BCUT2D eigenvalue weighted by molar-refractivity contribution is 6.24. The number of imide groups is 1. The lowest BCUT2D eigenvalue weighted by atomic mass is 9.97. The van der Waals surface area contributed by atoms with E-state index in [2.05, 4.69) is 21.8 Å². The molecule has 3 heterocycles. The first-order valence-electron chi connectivity index (χ1n) is 9.16. The molecule has 2 aromatic rings. The van der Waals surface area contributed by atoms with Crippen molar-refractivity contribution in [1.29, 1.82) is 0 Å². The molecular weight excluding hydrogens is 340 g/mol. The molecule has 0 radical (unpaired) electrons. The Morgan fingerprint density at radius 2 is 1.93 bits per heavy atom. The minimum atomic E-state index is -0.317. The molecule has 1 saturated heterocycles. The van der Waals surface area contributed by atoms with Crippen molar-refractivity contribution in [2.75, 3.05) is 28.2 Å². The van der Waals surface area contributed by atoms with Gasteiger partial charge in [0.15, 0.2) is 0 Å². The highest BCUT2D eigenvalue weighted by atomic mass is 16.2. The Balaban J connectivity index is 1.61. The average molecular weight is 362 g/mol. The normalized spacial score (nSPS) is 16.5. The first-order valence-corrected chi connectivity index (χ1v) is 9.16. The molecule has 1 N–H and O–H groups in total. The number of nitrogens with one attached hydrogen (secondary N) is 1. The Kier molecular flexibility index (Phi) is 4.39. The Morgan fingerprint density at radius 1 is 1.15 bits per heavy atom. The third-order valence-electron chi connectivity index (χ3n) is 4.92. The summed E-state index contributed by atoms with van der Waals surface area (Å²) in [5, 5.41) is 3.06. The summed E-state index contributed by atoms with van der Waals surface area (Å²) in [4.78, 5) is 33.4. The fourth-order valence-electron chi connectivity index (χ4n) is 3.65. The first kappa shape index (κ1) is 17.3. The van der Waals surface area contributed by atoms with Crippen LogP contribution in [0.2, 0.25) is 0 Å². The summed E-state index contributed by atoms with van der Waals surface area (Å²) in [6, 6.07) is 9.25. The number of fused-ring (bicyclic) bond motifs is 1. The van der Waals surface area contributed by atoms with E-state index in [4.69, 9.17) is 0 Å². The molecule has 0 unspecified atom stereocenters. The van der Waals surface area contributed by atoms with E-state index in [0.717, 1.165) is 35.7 Å². The Labute approximate surface area is 158 Å². The van der Waals surface area contributed by atoms with Crippen LogP contribution in [0.15, 0.2) is 48.8 Å². The number of carbonyl (C=O) groups excluding carboxylic acids is 2. The highest BCUT2D eigenvalue weighted by Gasteiger charge is 2.33. The van der Waals surface area contributed by atoms with Crippen molar-refractivity contribution >= 4 is 29.0 Å². The zero-order chi connectivity index (χ0) is 19.0. The van der Waals surface area contributed by atoms with Crippen LogP contribution in [-0.4, -0.2) is 29.9 Å². The van der Waals surface area contributed by atoms with E-state index >= 15 is 0 Å². The number of allylic oxidation sites excluding steroid dienone is 1. The molecule has 1 aromatic heterocycles. The number of carbonyl (C=O) groups is 2. The highest BCUT2D eigenvalue weighted by Crippen LogP contribution is 2.29. The standard InChI is InChI=1S/C21H22N4O2/c1-14(2)23-16-5-8-19(22-13-16)25-20(26)12-15-11-17(24-9-3-4-10-24)6-7-18(15)21(25)27/h5-8,11,13,23H,1,3-4,9-10,12H2,2H3. The quantitative estimate of drug-likeness (QED) is 0.845. The molecule has 1 fully saturated rings. The van der Waals surface area contributed by atoms with Gasteiger partial charge in [0.05, 0.1) is 18.3 Å². The van der Waals surface area contributed by atoms with Crippen molar-refractivity contribution in [1.82, 2.24) is 4.98 Å². The first-order chi connectivity index (χ1) is 13.0. The van der Waals surface area contributed by atoms with E-state index in [-0.39, 0.29) is 18.2 Å². The summed E-state index contributed by atoms with van der Waals surface area (Å²) in [6.07, 6.45) is 4.17. The summed E-state index contributed by atoms with van der Waals surface area (Å²) in [7, 11) is 0. The van der Waals surface area contributed by atoms with Crippen LogP contribution in [0, 0.1) is 0 Å². The molecule has 6 heteroatoms. The SMILES string of the molecule is C=C(C)Nc1ccc(N2C(=O)Cc3cc(N4CCCC4)ccc3C2=O)nc1. The maximum absolute atomic E-state index is 12.9. The number of rotatable bonds is 4. The lowest BCUT2D eigenvalue weighted by molar-refractivity contribution is -0.117. The number of amides is 2. The third-order valence-corrected chi connectivity index (χ3v) is 4.92. The molecule has 0 aliphatic carbocycles. The molecule has 2 amide bonds. The number of aromatic nitrogens is 1. The number of nitrogens with zero attached hydrogens (tertiary/aromatic N) is 3. The molecule has 1 aromatic carbocycles. The molecule has 27 heavy (non-hydrogen) atoms. The van der Waals surface area contributed by atoms with Gasteiger partial charge >= 0.3 is 0 Å². The largest absolute Gasteiger partial charge is 0.372 e. The van der Waals surface area contributed by atoms with Crippen LogP contribution in [0.4, 0.5) is 17.2 Å². The summed E-state index contributed by atoms with van der Waals surface area (Å²) in [6.45, 7) is 7.69. The smallest absolute Gasteiger partial charge is 0.266 e. The van der Waals surface area contributed by atoms with E-state index in [0.29, 0.717) is 11.4 Å². The molecule has 138 valence electrons. The van der Waals surface area contributed by atoms with E-state index in [1.54, 1.807) is 18.3 Å². The van der Waals surface area contributed by atoms with Crippen molar-refractivity contribution in [3.63, 3.8) is 0 Å².